The Morgan fingerprint density at radius 2 is 1.70 bits per heavy atom. The standard InChI is InChI=1S/C46H57N11O8S2/c1-7-67(62,63)54-33-14-12-30(13-15-33)39-38-40(55(6)53-39)35(23-48-43(38)47)32-22-51-56(24-32)16-17-64-18-19-65-26-37(59)52-42(46(3,4)5)45(61)57-25-34(58)20-36(57)44(60)49-21-29-8-10-31(11-9-29)41-28(2)50-27-66-41/h8-15,22-24,27,34,36,42,54,58H,7,16-21,25-26H2,1-6H3,(H2,47,48)(H,49,60)(H,52,59)/t34-,36+,42?/m1/s1. The molecule has 356 valence electrons. The first-order valence-electron chi connectivity index (χ1n) is 21.9. The van der Waals surface area contributed by atoms with Crippen molar-refractivity contribution in [1.29, 1.82) is 0 Å². The first-order chi connectivity index (χ1) is 31.9. The maximum absolute atomic E-state index is 14.0. The number of nitrogen functional groups attached to an aromatic ring is 1. The van der Waals surface area contributed by atoms with E-state index in [9.17, 15) is 27.9 Å². The first kappa shape index (κ1) is 48.7. The number of likely N-dealkylation sites (tertiary alicyclic amines) is 1. The molecule has 5 heterocycles. The molecule has 0 spiro atoms. The maximum Gasteiger partial charge on any atom is 0.246 e. The number of aliphatic hydroxyl groups excluding tert-OH is 1. The summed E-state index contributed by atoms with van der Waals surface area (Å²) in [6.45, 7) is 9.95. The van der Waals surface area contributed by atoms with Crippen LogP contribution in [0.1, 0.15) is 45.4 Å². The van der Waals surface area contributed by atoms with E-state index in [1.807, 2.05) is 65.2 Å². The van der Waals surface area contributed by atoms with Gasteiger partial charge in [0.25, 0.3) is 0 Å². The van der Waals surface area contributed by atoms with Gasteiger partial charge in [0.15, 0.2) is 0 Å². The van der Waals surface area contributed by atoms with Gasteiger partial charge in [-0.15, -0.1) is 11.3 Å². The number of rotatable bonds is 19. The minimum atomic E-state index is -3.42. The minimum Gasteiger partial charge on any atom is -0.391 e. The van der Waals surface area contributed by atoms with Gasteiger partial charge in [0, 0.05) is 61.3 Å². The SMILES string of the molecule is CCS(=O)(=O)Nc1ccc(-c2nn(C)c3c(-c4cnn(CCOCCOCC(=O)NC(C(=O)N5C[C@H](O)C[C@H]5C(=O)NCc5ccc(-c6scnc6C)cc5)C(C)(C)C)c4)cnc(N)c23)cc1. The number of benzene rings is 2. The molecule has 0 saturated carbocycles. The van der Waals surface area contributed by atoms with Gasteiger partial charge in [0.1, 0.15) is 30.2 Å². The van der Waals surface area contributed by atoms with Crippen LogP contribution in [0.4, 0.5) is 11.5 Å². The summed E-state index contributed by atoms with van der Waals surface area (Å²) in [7, 11) is -1.60. The molecule has 1 unspecified atom stereocenters. The zero-order chi connectivity index (χ0) is 48.0. The fourth-order valence-electron chi connectivity index (χ4n) is 7.85. The van der Waals surface area contributed by atoms with E-state index in [0.29, 0.717) is 35.7 Å². The van der Waals surface area contributed by atoms with Crippen LogP contribution in [0.15, 0.2) is 72.6 Å². The fraction of sp³-hybridized carbons (Fsp3) is 0.413. The zero-order valence-electron chi connectivity index (χ0n) is 38.4. The Morgan fingerprint density at radius 1 is 0.985 bits per heavy atom. The number of nitrogens with one attached hydrogen (secondary N) is 3. The lowest BCUT2D eigenvalue weighted by Crippen LogP contribution is -2.58. The number of carbonyl (C=O) groups excluding carboxylic acids is 3. The van der Waals surface area contributed by atoms with Gasteiger partial charge in [0.05, 0.1) is 71.4 Å². The summed E-state index contributed by atoms with van der Waals surface area (Å²) in [6, 6.07) is 12.9. The van der Waals surface area contributed by atoms with E-state index in [1.54, 1.807) is 69.8 Å². The zero-order valence-corrected chi connectivity index (χ0v) is 40.0. The van der Waals surface area contributed by atoms with Crippen molar-refractivity contribution in [1.82, 2.24) is 45.1 Å². The number of carbonyl (C=O) groups is 3. The van der Waals surface area contributed by atoms with Crippen LogP contribution in [-0.2, 0) is 54.0 Å². The number of sulfonamides is 1. The molecule has 1 saturated heterocycles. The van der Waals surface area contributed by atoms with Crippen LogP contribution < -0.4 is 21.1 Å². The molecule has 0 aliphatic carbocycles. The molecule has 2 aromatic carbocycles. The number of thiazole rings is 1. The van der Waals surface area contributed by atoms with Gasteiger partial charge >= 0.3 is 0 Å². The van der Waals surface area contributed by atoms with Crippen LogP contribution in [0.3, 0.4) is 0 Å². The number of hydrogen-bond donors (Lipinski definition) is 5. The lowest BCUT2D eigenvalue weighted by atomic mass is 9.85. The number of β-amino-alcohol motifs (C(OH)–C–C–N with tert-alkyl or cyclic N) is 1. The molecule has 6 aromatic rings. The number of hydrogen-bond acceptors (Lipinski definition) is 14. The minimum absolute atomic E-state index is 0.0314. The van der Waals surface area contributed by atoms with Crippen molar-refractivity contribution in [2.75, 3.05) is 49.2 Å². The van der Waals surface area contributed by atoms with E-state index < -0.39 is 45.4 Å². The number of aromatic nitrogens is 6. The second kappa shape index (κ2) is 20.7. The maximum atomic E-state index is 14.0. The van der Waals surface area contributed by atoms with E-state index >= 15 is 0 Å². The molecule has 1 aliphatic rings. The Morgan fingerprint density at radius 3 is 2.39 bits per heavy atom. The van der Waals surface area contributed by atoms with Crippen LogP contribution in [0.2, 0.25) is 0 Å². The second-order valence-electron chi connectivity index (χ2n) is 17.4. The van der Waals surface area contributed by atoms with Crippen LogP contribution in [0.25, 0.3) is 43.7 Å². The number of amides is 3. The Hall–Kier alpha value is -6.26. The quantitative estimate of drug-likeness (QED) is 0.0718. The van der Waals surface area contributed by atoms with Crippen molar-refractivity contribution in [2.45, 2.75) is 72.3 Å². The third-order valence-electron chi connectivity index (χ3n) is 11.4. The lowest BCUT2D eigenvalue weighted by molar-refractivity contribution is -0.144. The summed E-state index contributed by atoms with van der Waals surface area (Å²) >= 11 is 1.57. The molecule has 4 aromatic heterocycles. The number of fused-ring (bicyclic) bond motifs is 1. The highest BCUT2D eigenvalue weighted by Crippen LogP contribution is 2.37. The van der Waals surface area contributed by atoms with E-state index in [-0.39, 0.29) is 51.0 Å². The number of anilines is 2. The number of nitrogens with zero attached hydrogens (tertiary/aromatic N) is 7. The number of ether oxygens (including phenoxy) is 2. The van der Waals surface area contributed by atoms with Crippen molar-refractivity contribution < 1.29 is 37.4 Å². The van der Waals surface area contributed by atoms with Crippen molar-refractivity contribution in [3.8, 4) is 32.8 Å². The van der Waals surface area contributed by atoms with Gasteiger partial charge in [0.2, 0.25) is 27.7 Å². The average Bonchev–Trinajstić information content (AvgIpc) is 4.11. The highest BCUT2D eigenvalue weighted by atomic mass is 32.2. The molecular weight excluding hydrogens is 899 g/mol. The summed E-state index contributed by atoms with van der Waals surface area (Å²) in [5, 5.41) is 26.2. The summed E-state index contributed by atoms with van der Waals surface area (Å²) in [5.41, 5.74) is 14.5. The summed E-state index contributed by atoms with van der Waals surface area (Å²) in [6.07, 6.45) is 4.46. The van der Waals surface area contributed by atoms with E-state index in [4.69, 9.17) is 20.3 Å². The predicted octanol–water partition coefficient (Wildman–Crippen LogP) is 4.12. The highest BCUT2D eigenvalue weighted by molar-refractivity contribution is 7.92. The molecule has 0 bridgehead atoms. The van der Waals surface area contributed by atoms with Gasteiger partial charge in [-0.05, 0) is 42.5 Å². The molecule has 3 amide bonds. The van der Waals surface area contributed by atoms with Crippen molar-refractivity contribution in [3.63, 3.8) is 0 Å². The van der Waals surface area contributed by atoms with E-state index in [0.717, 1.165) is 43.9 Å². The number of aryl methyl sites for hydroxylation is 2. The Balaban J connectivity index is 0.865. The number of aliphatic hydroxyl groups is 1. The topological polar surface area (TPSA) is 251 Å². The molecule has 1 aliphatic heterocycles. The first-order valence-corrected chi connectivity index (χ1v) is 24.4. The Kier molecular flexibility index (Phi) is 15.1. The Labute approximate surface area is 393 Å². The predicted molar refractivity (Wildman–Crippen MR) is 256 cm³/mol. The number of pyridine rings is 1. The van der Waals surface area contributed by atoms with Crippen LogP contribution >= 0.6 is 11.3 Å². The average molecular weight is 956 g/mol. The van der Waals surface area contributed by atoms with Gasteiger partial charge < -0.3 is 35.8 Å². The van der Waals surface area contributed by atoms with Crippen LogP contribution in [0, 0.1) is 12.3 Å². The smallest absolute Gasteiger partial charge is 0.246 e. The van der Waals surface area contributed by atoms with Crippen LogP contribution in [-0.4, -0.2) is 123 Å². The third-order valence-corrected chi connectivity index (χ3v) is 13.7. The van der Waals surface area contributed by atoms with Gasteiger partial charge in [-0.25, -0.2) is 18.4 Å². The molecule has 1 fully saturated rings. The monoisotopic (exact) mass is 955 g/mol. The fourth-order valence-corrected chi connectivity index (χ4v) is 9.30. The van der Waals surface area contributed by atoms with E-state index in [1.165, 1.54) is 4.90 Å². The highest BCUT2D eigenvalue weighted by Gasteiger charge is 2.44. The van der Waals surface area contributed by atoms with Gasteiger partial charge in [-0.3, -0.25) is 28.5 Å². The number of nitrogens with two attached hydrogens (primary N) is 1. The molecule has 7 rings (SSSR count). The molecule has 0 radical (unpaired) electrons. The largest absolute Gasteiger partial charge is 0.391 e. The van der Waals surface area contributed by atoms with Crippen LogP contribution in [0.5, 0.6) is 0 Å². The molecule has 21 heteroatoms. The van der Waals surface area contributed by atoms with Gasteiger partial charge in [-0.1, -0.05) is 57.2 Å². The third kappa shape index (κ3) is 11.7. The normalized spacial score (nSPS) is 15.8. The second-order valence-corrected chi connectivity index (χ2v) is 20.3. The molecule has 19 nitrogen and oxygen atoms in total. The molecule has 67 heavy (non-hydrogen) atoms. The molecule has 3 atom stereocenters. The van der Waals surface area contributed by atoms with Gasteiger partial charge in [-0.2, -0.15) is 10.2 Å². The van der Waals surface area contributed by atoms with Crippen molar-refractivity contribution in [2.24, 2.45) is 12.5 Å². The molecule has 6 N–H and O–H groups in total. The van der Waals surface area contributed by atoms with Crippen molar-refractivity contribution >= 4 is 61.5 Å². The summed E-state index contributed by atoms with van der Waals surface area (Å²) in [5.74, 6) is -1.08. The Bertz CT molecular complexity index is 2820. The van der Waals surface area contributed by atoms with E-state index in [2.05, 4.69) is 30.4 Å². The van der Waals surface area contributed by atoms with Crippen molar-refractivity contribution in [3.05, 3.63) is 83.9 Å². The molecular formula is C46H57N11O8S2. The summed E-state index contributed by atoms with van der Waals surface area (Å²) in [4.78, 5) is 51.8. The lowest BCUT2D eigenvalue weighted by Gasteiger charge is -2.35. The summed E-state index contributed by atoms with van der Waals surface area (Å²) < 4.78 is 41.4.